The SMILES string of the molecule is CCCCCCCCOCC(C)OCCC. The molecule has 0 bridgehead atoms. The first-order valence-electron chi connectivity index (χ1n) is 7.00. The van der Waals surface area contributed by atoms with Crippen LogP contribution in [-0.4, -0.2) is 25.9 Å². The van der Waals surface area contributed by atoms with Gasteiger partial charge < -0.3 is 9.47 Å². The molecule has 0 spiro atoms. The molecule has 0 saturated carbocycles. The molecule has 16 heavy (non-hydrogen) atoms. The zero-order valence-electron chi connectivity index (χ0n) is 11.5. The van der Waals surface area contributed by atoms with Crippen molar-refractivity contribution in [3.8, 4) is 0 Å². The van der Waals surface area contributed by atoms with Gasteiger partial charge in [0.05, 0.1) is 12.7 Å². The van der Waals surface area contributed by atoms with Crippen molar-refractivity contribution in [1.29, 1.82) is 0 Å². The normalized spacial score (nSPS) is 12.9. The molecule has 2 nitrogen and oxygen atoms in total. The number of ether oxygens (including phenoxy) is 2. The molecule has 0 saturated heterocycles. The van der Waals surface area contributed by atoms with E-state index in [1.54, 1.807) is 0 Å². The third-order valence-electron chi connectivity index (χ3n) is 2.60. The van der Waals surface area contributed by atoms with Gasteiger partial charge in [0, 0.05) is 13.2 Å². The molecule has 0 amide bonds. The molecule has 0 aromatic rings. The topological polar surface area (TPSA) is 18.5 Å². The first-order valence-corrected chi connectivity index (χ1v) is 7.00. The van der Waals surface area contributed by atoms with Crippen molar-refractivity contribution in [2.45, 2.75) is 71.8 Å². The van der Waals surface area contributed by atoms with Crippen LogP contribution in [0.1, 0.15) is 65.7 Å². The summed E-state index contributed by atoms with van der Waals surface area (Å²) in [6.07, 6.45) is 9.29. The summed E-state index contributed by atoms with van der Waals surface area (Å²) in [6, 6.07) is 0. The monoisotopic (exact) mass is 230 g/mol. The molecule has 0 rings (SSSR count). The maximum atomic E-state index is 5.57. The summed E-state index contributed by atoms with van der Waals surface area (Å²) < 4.78 is 11.1. The Morgan fingerprint density at radius 1 is 0.812 bits per heavy atom. The second-order valence-electron chi connectivity index (χ2n) is 4.52. The van der Waals surface area contributed by atoms with Gasteiger partial charge in [-0.05, 0) is 19.8 Å². The maximum absolute atomic E-state index is 5.57. The number of hydrogen-bond acceptors (Lipinski definition) is 2. The predicted molar refractivity (Wildman–Crippen MR) is 69.9 cm³/mol. The molecule has 1 atom stereocenters. The third-order valence-corrected chi connectivity index (χ3v) is 2.60. The van der Waals surface area contributed by atoms with E-state index < -0.39 is 0 Å². The molecule has 2 heteroatoms. The van der Waals surface area contributed by atoms with Crippen LogP contribution in [0.3, 0.4) is 0 Å². The Morgan fingerprint density at radius 3 is 2.19 bits per heavy atom. The molecule has 0 aliphatic carbocycles. The summed E-state index contributed by atoms with van der Waals surface area (Å²) in [4.78, 5) is 0. The molecule has 98 valence electrons. The van der Waals surface area contributed by atoms with Crippen molar-refractivity contribution >= 4 is 0 Å². The van der Waals surface area contributed by atoms with Crippen LogP contribution in [0.25, 0.3) is 0 Å². The highest BCUT2D eigenvalue weighted by atomic mass is 16.5. The molecule has 0 N–H and O–H groups in total. The van der Waals surface area contributed by atoms with Crippen molar-refractivity contribution in [2.75, 3.05) is 19.8 Å². The number of unbranched alkanes of at least 4 members (excludes halogenated alkanes) is 5. The highest BCUT2D eigenvalue weighted by molar-refractivity contribution is 4.48. The van der Waals surface area contributed by atoms with Crippen molar-refractivity contribution in [3.63, 3.8) is 0 Å². The van der Waals surface area contributed by atoms with E-state index in [4.69, 9.17) is 9.47 Å². The average molecular weight is 230 g/mol. The smallest absolute Gasteiger partial charge is 0.0780 e. The minimum atomic E-state index is 0.250. The standard InChI is InChI=1S/C14H30O2/c1-4-6-7-8-9-10-12-15-13-14(3)16-11-5-2/h14H,4-13H2,1-3H3. The zero-order valence-corrected chi connectivity index (χ0v) is 11.5. The van der Waals surface area contributed by atoms with Crippen LogP contribution < -0.4 is 0 Å². The quantitative estimate of drug-likeness (QED) is 0.468. The van der Waals surface area contributed by atoms with Gasteiger partial charge in [0.1, 0.15) is 0 Å². The fraction of sp³-hybridized carbons (Fsp3) is 1.00. The van der Waals surface area contributed by atoms with Gasteiger partial charge in [-0.25, -0.2) is 0 Å². The fourth-order valence-corrected chi connectivity index (χ4v) is 1.60. The van der Waals surface area contributed by atoms with Crippen LogP contribution in [0.15, 0.2) is 0 Å². The van der Waals surface area contributed by atoms with Crippen molar-refractivity contribution in [3.05, 3.63) is 0 Å². The van der Waals surface area contributed by atoms with Gasteiger partial charge in [-0.15, -0.1) is 0 Å². The van der Waals surface area contributed by atoms with E-state index in [2.05, 4.69) is 20.8 Å². The van der Waals surface area contributed by atoms with Crippen LogP contribution in [-0.2, 0) is 9.47 Å². The average Bonchev–Trinajstić information content (AvgIpc) is 2.30. The van der Waals surface area contributed by atoms with Gasteiger partial charge in [-0.3, -0.25) is 0 Å². The van der Waals surface area contributed by atoms with E-state index in [9.17, 15) is 0 Å². The first-order chi connectivity index (χ1) is 7.81. The lowest BCUT2D eigenvalue weighted by Gasteiger charge is -2.12. The lowest BCUT2D eigenvalue weighted by atomic mass is 10.1. The third kappa shape index (κ3) is 12.0. The van der Waals surface area contributed by atoms with Crippen molar-refractivity contribution < 1.29 is 9.47 Å². The number of rotatable bonds is 12. The minimum Gasteiger partial charge on any atom is -0.379 e. The Balaban J connectivity index is 3.02. The molecule has 0 fully saturated rings. The van der Waals surface area contributed by atoms with Crippen molar-refractivity contribution in [1.82, 2.24) is 0 Å². The second kappa shape index (κ2) is 13.0. The summed E-state index contributed by atoms with van der Waals surface area (Å²) in [5, 5.41) is 0. The van der Waals surface area contributed by atoms with E-state index in [1.165, 1.54) is 38.5 Å². The second-order valence-corrected chi connectivity index (χ2v) is 4.52. The van der Waals surface area contributed by atoms with Gasteiger partial charge in [0.15, 0.2) is 0 Å². The molecule has 0 aliphatic heterocycles. The van der Waals surface area contributed by atoms with E-state index in [1.807, 2.05) is 0 Å². The van der Waals surface area contributed by atoms with Gasteiger partial charge in [0.2, 0.25) is 0 Å². The van der Waals surface area contributed by atoms with E-state index in [0.717, 1.165) is 26.2 Å². The predicted octanol–water partition coefficient (Wildman–Crippen LogP) is 4.18. The first kappa shape index (κ1) is 15.9. The lowest BCUT2D eigenvalue weighted by Crippen LogP contribution is -2.16. The summed E-state index contributed by atoms with van der Waals surface area (Å²) in [6.45, 7) is 8.95. The molecule has 1 unspecified atom stereocenters. The summed E-state index contributed by atoms with van der Waals surface area (Å²) in [7, 11) is 0. The Kier molecular flexibility index (Phi) is 12.9. The molecule has 0 heterocycles. The van der Waals surface area contributed by atoms with Crippen LogP contribution in [0.4, 0.5) is 0 Å². The fourth-order valence-electron chi connectivity index (χ4n) is 1.60. The van der Waals surface area contributed by atoms with E-state index in [-0.39, 0.29) is 6.10 Å². The zero-order chi connectivity index (χ0) is 12.1. The Hall–Kier alpha value is -0.0800. The Bertz CT molecular complexity index is 126. The van der Waals surface area contributed by atoms with Crippen LogP contribution in [0.5, 0.6) is 0 Å². The molecule has 0 aromatic heterocycles. The molecule has 0 radical (unpaired) electrons. The Morgan fingerprint density at radius 2 is 1.50 bits per heavy atom. The van der Waals surface area contributed by atoms with Gasteiger partial charge in [0.25, 0.3) is 0 Å². The van der Waals surface area contributed by atoms with E-state index >= 15 is 0 Å². The van der Waals surface area contributed by atoms with Gasteiger partial charge >= 0.3 is 0 Å². The summed E-state index contributed by atoms with van der Waals surface area (Å²) in [5.41, 5.74) is 0. The lowest BCUT2D eigenvalue weighted by molar-refractivity contribution is -0.00715. The van der Waals surface area contributed by atoms with Crippen LogP contribution in [0.2, 0.25) is 0 Å². The number of hydrogen-bond donors (Lipinski definition) is 0. The summed E-state index contributed by atoms with van der Waals surface area (Å²) in [5.74, 6) is 0. The van der Waals surface area contributed by atoms with E-state index in [0.29, 0.717) is 0 Å². The minimum absolute atomic E-state index is 0.250. The molecular weight excluding hydrogens is 200 g/mol. The maximum Gasteiger partial charge on any atom is 0.0780 e. The highest BCUT2D eigenvalue weighted by Gasteiger charge is 2.00. The molecule has 0 aromatic carbocycles. The summed E-state index contributed by atoms with van der Waals surface area (Å²) >= 11 is 0. The Labute approximate surface area is 102 Å². The molecular formula is C14H30O2. The van der Waals surface area contributed by atoms with Gasteiger partial charge in [-0.1, -0.05) is 46.0 Å². The highest BCUT2D eigenvalue weighted by Crippen LogP contribution is 2.05. The van der Waals surface area contributed by atoms with Crippen molar-refractivity contribution in [2.24, 2.45) is 0 Å². The van der Waals surface area contributed by atoms with Crippen LogP contribution in [0, 0.1) is 0 Å². The largest absolute Gasteiger partial charge is 0.379 e. The van der Waals surface area contributed by atoms with Gasteiger partial charge in [-0.2, -0.15) is 0 Å². The molecule has 0 aliphatic rings. The van der Waals surface area contributed by atoms with Crippen LogP contribution >= 0.6 is 0 Å².